The Balaban J connectivity index is 1.34. The second-order valence-electron chi connectivity index (χ2n) is 7.25. The van der Waals surface area contributed by atoms with E-state index in [1.807, 2.05) is 25.1 Å². The van der Waals surface area contributed by atoms with Crippen LogP contribution < -0.4 is 5.32 Å². The Hall–Kier alpha value is -2.64. The molecule has 0 spiro atoms. The third-order valence-electron chi connectivity index (χ3n) is 4.91. The van der Waals surface area contributed by atoms with Crippen LogP contribution >= 0.6 is 11.8 Å². The highest BCUT2D eigenvalue weighted by molar-refractivity contribution is 7.98. The van der Waals surface area contributed by atoms with Crippen molar-refractivity contribution in [2.75, 3.05) is 13.1 Å². The summed E-state index contributed by atoms with van der Waals surface area (Å²) in [5, 5.41) is 7.90. The molecule has 4 rings (SSSR count). The molecule has 1 amide bonds. The first-order chi connectivity index (χ1) is 14.2. The number of rotatable bonds is 7. The van der Waals surface area contributed by atoms with Crippen LogP contribution in [-0.4, -0.2) is 40.1 Å². The Morgan fingerprint density at radius 2 is 2.14 bits per heavy atom. The summed E-state index contributed by atoms with van der Waals surface area (Å²) in [4.78, 5) is 19.7. The van der Waals surface area contributed by atoms with Gasteiger partial charge in [-0.25, -0.2) is 4.98 Å². The predicted molar refractivity (Wildman–Crippen MR) is 113 cm³/mol. The van der Waals surface area contributed by atoms with Gasteiger partial charge in [0.1, 0.15) is 10.8 Å². The van der Waals surface area contributed by atoms with Gasteiger partial charge < -0.3 is 9.84 Å². The Bertz CT molecular complexity index is 960. The van der Waals surface area contributed by atoms with Gasteiger partial charge in [0.15, 0.2) is 0 Å². The van der Waals surface area contributed by atoms with E-state index in [0.717, 1.165) is 37.5 Å². The lowest BCUT2D eigenvalue weighted by Crippen LogP contribution is -2.37. The van der Waals surface area contributed by atoms with Crippen LogP contribution in [0.1, 0.15) is 33.8 Å². The molecule has 1 aromatic carbocycles. The molecule has 0 radical (unpaired) electrons. The molecule has 29 heavy (non-hydrogen) atoms. The third kappa shape index (κ3) is 5.25. The maximum Gasteiger partial charge on any atom is 0.254 e. The van der Waals surface area contributed by atoms with Crippen LogP contribution in [0, 0.1) is 6.92 Å². The van der Waals surface area contributed by atoms with E-state index in [1.54, 1.807) is 12.3 Å². The second-order valence-corrected chi connectivity index (χ2v) is 8.22. The van der Waals surface area contributed by atoms with E-state index < -0.39 is 0 Å². The van der Waals surface area contributed by atoms with Crippen LogP contribution in [0.3, 0.4) is 0 Å². The molecule has 3 heterocycles. The van der Waals surface area contributed by atoms with E-state index >= 15 is 0 Å². The standard InChI is InChI=1S/C22H24N4O2S/c1-16-12-19(25-28-16)15-29-22-20(8-5-10-23-22)21(27)24-18-9-11-26(14-18)13-17-6-3-2-4-7-17/h2-8,10,12,18H,9,11,13-15H2,1H3,(H,24,27)/t18-/m1/s1. The molecule has 0 bridgehead atoms. The van der Waals surface area contributed by atoms with Crippen molar-refractivity contribution in [3.05, 3.63) is 77.3 Å². The second kappa shape index (κ2) is 9.24. The lowest BCUT2D eigenvalue weighted by Gasteiger charge is -2.17. The fourth-order valence-corrected chi connectivity index (χ4v) is 4.38. The SMILES string of the molecule is Cc1cc(CSc2ncccc2C(=O)N[C@@H]2CCN(Cc3ccccc3)C2)no1. The van der Waals surface area contributed by atoms with Gasteiger partial charge in [-0.3, -0.25) is 9.69 Å². The van der Waals surface area contributed by atoms with Gasteiger partial charge in [-0.05, 0) is 31.0 Å². The number of likely N-dealkylation sites (tertiary alicyclic amines) is 1. The normalized spacial score (nSPS) is 16.8. The number of amides is 1. The van der Waals surface area contributed by atoms with Crippen molar-refractivity contribution in [2.24, 2.45) is 0 Å². The van der Waals surface area contributed by atoms with Crippen molar-refractivity contribution < 1.29 is 9.32 Å². The smallest absolute Gasteiger partial charge is 0.254 e. The molecule has 3 aromatic rings. The van der Waals surface area contributed by atoms with Gasteiger partial charge in [0.2, 0.25) is 0 Å². The average molecular weight is 409 g/mol. The molecule has 1 aliphatic rings. The van der Waals surface area contributed by atoms with E-state index in [9.17, 15) is 4.79 Å². The monoisotopic (exact) mass is 408 g/mol. The highest BCUT2D eigenvalue weighted by Crippen LogP contribution is 2.24. The molecule has 0 aliphatic carbocycles. The summed E-state index contributed by atoms with van der Waals surface area (Å²) < 4.78 is 5.10. The molecular formula is C22H24N4O2S. The van der Waals surface area contributed by atoms with Crippen LogP contribution in [0.4, 0.5) is 0 Å². The molecule has 1 N–H and O–H groups in total. The summed E-state index contributed by atoms with van der Waals surface area (Å²) in [5.41, 5.74) is 2.75. The van der Waals surface area contributed by atoms with E-state index in [0.29, 0.717) is 16.3 Å². The molecule has 0 saturated carbocycles. The Morgan fingerprint density at radius 3 is 2.93 bits per heavy atom. The van der Waals surface area contributed by atoms with Crippen LogP contribution in [0.25, 0.3) is 0 Å². The topological polar surface area (TPSA) is 71.3 Å². The number of thioether (sulfide) groups is 1. The summed E-state index contributed by atoms with van der Waals surface area (Å²) in [6.07, 6.45) is 2.67. The quantitative estimate of drug-likeness (QED) is 0.602. The fourth-order valence-electron chi connectivity index (χ4n) is 3.51. The zero-order valence-corrected chi connectivity index (χ0v) is 17.2. The van der Waals surface area contributed by atoms with Crippen molar-refractivity contribution in [3.63, 3.8) is 0 Å². The summed E-state index contributed by atoms with van der Waals surface area (Å²) >= 11 is 1.50. The van der Waals surface area contributed by atoms with Gasteiger partial charge in [0.25, 0.3) is 5.91 Å². The highest BCUT2D eigenvalue weighted by Gasteiger charge is 2.25. The van der Waals surface area contributed by atoms with Crippen molar-refractivity contribution >= 4 is 17.7 Å². The molecular weight excluding hydrogens is 384 g/mol. The average Bonchev–Trinajstić information content (AvgIpc) is 3.36. The minimum absolute atomic E-state index is 0.0662. The molecule has 1 atom stereocenters. The molecule has 2 aromatic heterocycles. The molecule has 1 fully saturated rings. The summed E-state index contributed by atoms with van der Waals surface area (Å²) in [6, 6.07) is 16.1. The number of aryl methyl sites for hydroxylation is 1. The summed E-state index contributed by atoms with van der Waals surface area (Å²) in [5.74, 6) is 1.33. The molecule has 6 nitrogen and oxygen atoms in total. The van der Waals surface area contributed by atoms with Gasteiger partial charge in [-0.1, -0.05) is 47.3 Å². The van der Waals surface area contributed by atoms with Gasteiger partial charge >= 0.3 is 0 Å². The molecule has 0 unspecified atom stereocenters. The third-order valence-corrected chi connectivity index (χ3v) is 5.94. The van der Waals surface area contributed by atoms with Crippen molar-refractivity contribution in [1.29, 1.82) is 0 Å². The first kappa shape index (κ1) is 19.7. The largest absolute Gasteiger partial charge is 0.361 e. The van der Waals surface area contributed by atoms with E-state index in [2.05, 4.69) is 44.6 Å². The zero-order chi connectivity index (χ0) is 20.1. The minimum atomic E-state index is -0.0662. The maximum atomic E-state index is 12.9. The van der Waals surface area contributed by atoms with Crippen LogP contribution in [0.2, 0.25) is 0 Å². The lowest BCUT2D eigenvalue weighted by molar-refractivity contribution is 0.0934. The number of hydrogen-bond acceptors (Lipinski definition) is 6. The highest BCUT2D eigenvalue weighted by atomic mass is 32.2. The molecule has 150 valence electrons. The first-order valence-electron chi connectivity index (χ1n) is 9.74. The zero-order valence-electron chi connectivity index (χ0n) is 16.4. The van der Waals surface area contributed by atoms with Crippen LogP contribution in [0.5, 0.6) is 0 Å². The van der Waals surface area contributed by atoms with E-state index in [-0.39, 0.29) is 11.9 Å². The number of pyridine rings is 1. The molecule has 1 saturated heterocycles. The van der Waals surface area contributed by atoms with Crippen molar-refractivity contribution in [2.45, 2.75) is 36.7 Å². The number of nitrogens with one attached hydrogen (secondary N) is 1. The van der Waals surface area contributed by atoms with Crippen LogP contribution in [-0.2, 0) is 12.3 Å². The Morgan fingerprint density at radius 1 is 1.28 bits per heavy atom. The first-order valence-corrected chi connectivity index (χ1v) is 10.7. The van der Waals surface area contributed by atoms with Crippen molar-refractivity contribution in [1.82, 2.24) is 20.4 Å². The van der Waals surface area contributed by atoms with Crippen LogP contribution in [0.15, 0.2) is 64.3 Å². The van der Waals surface area contributed by atoms with Gasteiger partial charge in [0, 0.05) is 43.7 Å². The Labute approximate surface area is 174 Å². The number of nitrogens with zero attached hydrogens (tertiary/aromatic N) is 3. The van der Waals surface area contributed by atoms with Gasteiger partial charge in [0.05, 0.1) is 11.3 Å². The maximum absolute atomic E-state index is 12.9. The fraction of sp³-hybridized carbons (Fsp3) is 0.318. The molecule has 7 heteroatoms. The number of aromatic nitrogens is 2. The van der Waals surface area contributed by atoms with E-state index in [4.69, 9.17) is 4.52 Å². The number of hydrogen-bond donors (Lipinski definition) is 1. The number of benzene rings is 1. The summed E-state index contributed by atoms with van der Waals surface area (Å²) in [6.45, 7) is 4.63. The Kier molecular flexibility index (Phi) is 6.27. The predicted octanol–water partition coefficient (Wildman–Crippen LogP) is 3.67. The van der Waals surface area contributed by atoms with Crippen molar-refractivity contribution in [3.8, 4) is 0 Å². The van der Waals surface area contributed by atoms with Gasteiger partial charge in [-0.15, -0.1) is 0 Å². The van der Waals surface area contributed by atoms with E-state index in [1.165, 1.54) is 17.3 Å². The minimum Gasteiger partial charge on any atom is -0.361 e. The number of carbonyl (C=O) groups excluding carboxylic acids is 1. The van der Waals surface area contributed by atoms with Gasteiger partial charge in [-0.2, -0.15) is 0 Å². The number of carbonyl (C=O) groups is 1. The summed E-state index contributed by atoms with van der Waals surface area (Å²) in [7, 11) is 0. The molecule has 1 aliphatic heterocycles. The lowest BCUT2D eigenvalue weighted by atomic mass is 10.2.